The smallest absolute Gasteiger partial charge is 0.130 e. The molecule has 0 unspecified atom stereocenters. The Bertz CT molecular complexity index is 314. The van der Waals surface area contributed by atoms with Crippen LogP contribution in [0.15, 0.2) is 29.3 Å². The molecule has 0 aliphatic rings. The first kappa shape index (κ1) is 9.78. The third-order valence-electron chi connectivity index (χ3n) is 2.02. The summed E-state index contributed by atoms with van der Waals surface area (Å²) in [5.41, 5.74) is 2.46. The van der Waals surface area contributed by atoms with Crippen LogP contribution < -0.4 is 0 Å². The van der Waals surface area contributed by atoms with Crippen molar-refractivity contribution < 1.29 is 0 Å². The van der Waals surface area contributed by atoms with Gasteiger partial charge in [-0.2, -0.15) is 0 Å². The summed E-state index contributed by atoms with van der Waals surface area (Å²) in [6, 6.07) is 8.28. The average Bonchev–Trinajstić information content (AvgIpc) is 2.09. The minimum Gasteiger partial charge on any atom is -0.363 e. The number of hydrogen-bond donors (Lipinski definition) is 0. The van der Waals surface area contributed by atoms with Crippen LogP contribution in [0.4, 0.5) is 0 Å². The van der Waals surface area contributed by atoms with E-state index in [4.69, 9.17) is 0 Å². The van der Waals surface area contributed by atoms with Crippen LogP contribution in [0.5, 0.6) is 0 Å². The minimum atomic E-state index is 1.03. The van der Waals surface area contributed by atoms with Crippen molar-refractivity contribution in [2.75, 3.05) is 21.1 Å². The lowest BCUT2D eigenvalue weighted by molar-refractivity contribution is 0.622. The first-order valence-electron chi connectivity index (χ1n) is 4.37. The van der Waals surface area contributed by atoms with Crippen molar-refractivity contribution in [3.05, 3.63) is 35.4 Å². The molecular formula is C11H16N2. The third-order valence-corrected chi connectivity index (χ3v) is 2.02. The number of aliphatic imine (C=N–C) groups is 1. The van der Waals surface area contributed by atoms with Crippen LogP contribution in [0.2, 0.25) is 0 Å². The number of rotatable bonds is 1. The molecule has 0 N–H and O–H groups in total. The lowest BCUT2D eigenvalue weighted by atomic mass is 10.1. The molecule has 0 fully saturated rings. The van der Waals surface area contributed by atoms with Crippen LogP contribution in [0, 0.1) is 6.92 Å². The molecular weight excluding hydrogens is 160 g/mol. The molecule has 0 saturated heterocycles. The van der Waals surface area contributed by atoms with E-state index in [0.29, 0.717) is 0 Å². The zero-order valence-corrected chi connectivity index (χ0v) is 8.70. The van der Waals surface area contributed by atoms with Crippen LogP contribution >= 0.6 is 0 Å². The standard InChI is InChI=1S/C11H16N2/c1-9-7-5-6-8-10(9)11(12-2)13(3)4/h5-8H,1-4H3/b12-11+. The molecule has 0 heterocycles. The Morgan fingerprint density at radius 3 is 2.31 bits per heavy atom. The van der Waals surface area contributed by atoms with E-state index in [-0.39, 0.29) is 0 Å². The van der Waals surface area contributed by atoms with Crippen LogP contribution in [0.1, 0.15) is 11.1 Å². The normalized spacial score (nSPS) is 11.5. The molecule has 13 heavy (non-hydrogen) atoms. The van der Waals surface area contributed by atoms with Gasteiger partial charge in [-0.25, -0.2) is 0 Å². The lowest BCUT2D eigenvalue weighted by Crippen LogP contribution is -2.23. The van der Waals surface area contributed by atoms with Gasteiger partial charge in [-0.15, -0.1) is 0 Å². The molecule has 0 aromatic heterocycles. The fraction of sp³-hybridized carbons (Fsp3) is 0.364. The summed E-state index contributed by atoms with van der Waals surface area (Å²) in [5, 5.41) is 0. The second-order valence-corrected chi connectivity index (χ2v) is 3.26. The Labute approximate surface area is 79.9 Å². The second kappa shape index (κ2) is 4.08. The Morgan fingerprint density at radius 2 is 1.85 bits per heavy atom. The number of hydrogen-bond acceptors (Lipinski definition) is 1. The highest BCUT2D eigenvalue weighted by atomic mass is 15.1. The van der Waals surface area contributed by atoms with Crippen LogP contribution in [0.25, 0.3) is 0 Å². The number of benzene rings is 1. The van der Waals surface area contributed by atoms with E-state index >= 15 is 0 Å². The zero-order valence-electron chi connectivity index (χ0n) is 8.70. The lowest BCUT2D eigenvalue weighted by Gasteiger charge is -2.16. The summed E-state index contributed by atoms with van der Waals surface area (Å²) >= 11 is 0. The highest BCUT2D eigenvalue weighted by Crippen LogP contribution is 2.09. The van der Waals surface area contributed by atoms with Gasteiger partial charge in [-0.3, -0.25) is 4.99 Å². The Hall–Kier alpha value is -1.31. The van der Waals surface area contributed by atoms with Crippen molar-refractivity contribution in [3.63, 3.8) is 0 Å². The van der Waals surface area contributed by atoms with Gasteiger partial charge in [0.05, 0.1) is 0 Å². The Kier molecular flexibility index (Phi) is 3.07. The van der Waals surface area contributed by atoms with E-state index in [1.54, 1.807) is 0 Å². The van der Waals surface area contributed by atoms with Crippen molar-refractivity contribution in [1.82, 2.24) is 4.90 Å². The quantitative estimate of drug-likeness (QED) is 0.471. The number of nitrogens with zero attached hydrogens (tertiary/aromatic N) is 2. The van der Waals surface area contributed by atoms with Gasteiger partial charge >= 0.3 is 0 Å². The van der Waals surface area contributed by atoms with Gasteiger partial charge in [0.25, 0.3) is 0 Å². The summed E-state index contributed by atoms with van der Waals surface area (Å²) in [5.74, 6) is 1.03. The first-order chi connectivity index (χ1) is 6.16. The molecule has 1 aromatic rings. The molecule has 0 saturated carbocycles. The summed E-state index contributed by atoms with van der Waals surface area (Å²) in [6.07, 6.45) is 0. The van der Waals surface area contributed by atoms with Gasteiger partial charge < -0.3 is 4.90 Å². The largest absolute Gasteiger partial charge is 0.363 e. The van der Waals surface area contributed by atoms with Gasteiger partial charge in [-0.1, -0.05) is 24.3 Å². The van der Waals surface area contributed by atoms with E-state index < -0.39 is 0 Å². The summed E-state index contributed by atoms with van der Waals surface area (Å²) in [7, 11) is 5.84. The summed E-state index contributed by atoms with van der Waals surface area (Å²) in [4.78, 5) is 6.29. The summed E-state index contributed by atoms with van der Waals surface area (Å²) in [6.45, 7) is 2.10. The molecule has 0 bridgehead atoms. The maximum absolute atomic E-state index is 4.26. The van der Waals surface area contributed by atoms with Crippen LogP contribution in [-0.4, -0.2) is 31.9 Å². The predicted octanol–water partition coefficient (Wildman–Crippen LogP) is 1.93. The van der Waals surface area contributed by atoms with Crippen molar-refractivity contribution in [3.8, 4) is 0 Å². The molecule has 0 amide bonds. The number of aryl methyl sites for hydroxylation is 1. The van der Waals surface area contributed by atoms with Gasteiger partial charge in [0, 0.05) is 26.7 Å². The highest BCUT2D eigenvalue weighted by Gasteiger charge is 2.06. The topological polar surface area (TPSA) is 15.6 Å². The fourth-order valence-electron chi connectivity index (χ4n) is 1.39. The Balaban J connectivity index is 3.13. The van der Waals surface area contributed by atoms with E-state index in [0.717, 1.165) is 5.84 Å². The predicted molar refractivity (Wildman–Crippen MR) is 57.3 cm³/mol. The molecule has 70 valence electrons. The SMILES string of the molecule is C/N=C(\c1ccccc1C)N(C)C. The van der Waals surface area contributed by atoms with Gasteiger partial charge in [0.2, 0.25) is 0 Å². The molecule has 0 aliphatic carbocycles. The molecule has 0 radical (unpaired) electrons. The molecule has 0 atom stereocenters. The van der Waals surface area contributed by atoms with Crippen molar-refractivity contribution in [2.24, 2.45) is 4.99 Å². The molecule has 2 heteroatoms. The molecule has 0 spiro atoms. The van der Waals surface area contributed by atoms with Gasteiger partial charge in [0.15, 0.2) is 0 Å². The van der Waals surface area contributed by atoms with Crippen LogP contribution in [-0.2, 0) is 0 Å². The van der Waals surface area contributed by atoms with E-state index in [9.17, 15) is 0 Å². The van der Waals surface area contributed by atoms with Crippen molar-refractivity contribution >= 4 is 5.84 Å². The third kappa shape index (κ3) is 2.08. The zero-order chi connectivity index (χ0) is 9.84. The molecule has 2 nitrogen and oxygen atoms in total. The maximum atomic E-state index is 4.26. The van der Waals surface area contributed by atoms with Crippen molar-refractivity contribution in [1.29, 1.82) is 0 Å². The monoisotopic (exact) mass is 176 g/mol. The number of amidine groups is 1. The molecule has 1 rings (SSSR count). The Morgan fingerprint density at radius 1 is 1.23 bits per heavy atom. The van der Waals surface area contributed by atoms with Crippen molar-refractivity contribution in [2.45, 2.75) is 6.92 Å². The average molecular weight is 176 g/mol. The fourth-order valence-corrected chi connectivity index (χ4v) is 1.39. The van der Waals surface area contributed by atoms with Crippen LogP contribution in [0.3, 0.4) is 0 Å². The van der Waals surface area contributed by atoms with Gasteiger partial charge in [-0.05, 0) is 12.5 Å². The van der Waals surface area contributed by atoms with E-state index in [1.807, 2.05) is 38.2 Å². The van der Waals surface area contributed by atoms with E-state index in [2.05, 4.69) is 24.0 Å². The van der Waals surface area contributed by atoms with E-state index in [1.165, 1.54) is 11.1 Å². The second-order valence-electron chi connectivity index (χ2n) is 3.26. The first-order valence-corrected chi connectivity index (χ1v) is 4.37. The highest BCUT2D eigenvalue weighted by molar-refractivity contribution is 5.99. The minimum absolute atomic E-state index is 1.03. The summed E-state index contributed by atoms with van der Waals surface area (Å²) < 4.78 is 0. The molecule has 0 aliphatic heterocycles. The maximum Gasteiger partial charge on any atom is 0.130 e. The molecule has 1 aromatic carbocycles. The van der Waals surface area contributed by atoms with Gasteiger partial charge in [0.1, 0.15) is 5.84 Å².